The van der Waals surface area contributed by atoms with Gasteiger partial charge in [-0.1, -0.05) is 43.2 Å². The fraction of sp³-hybridized carbons (Fsp3) is 0.459. The Hall–Kier alpha value is -4.83. The lowest BCUT2D eigenvalue weighted by Gasteiger charge is -2.29. The highest BCUT2D eigenvalue weighted by atomic mass is 32.2. The minimum atomic E-state index is -3.85. The van der Waals surface area contributed by atoms with Crippen molar-refractivity contribution in [3.8, 4) is 5.88 Å². The summed E-state index contributed by atoms with van der Waals surface area (Å²) < 4.78 is 34.5. The number of aromatic nitrogens is 4. The molecule has 0 bridgehead atoms. The lowest BCUT2D eigenvalue weighted by atomic mass is 9.91. The maximum absolute atomic E-state index is 14.6. The maximum atomic E-state index is 14.6. The highest BCUT2D eigenvalue weighted by Crippen LogP contribution is 2.57. The Labute approximate surface area is 309 Å². The smallest absolute Gasteiger partial charge is 0.263 e. The first-order valence-corrected chi connectivity index (χ1v) is 20.5. The van der Waals surface area contributed by atoms with Gasteiger partial charge in [0.2, 0.25) is 27.7 Å². The molecule has 2 saturated carbocycles. The third-order valence-corrected chi connectivity index (χ3v) is 13.4. The molecule has 276 valence electrons. The van der Waals surface area contributed by atoms with Gasteiger partial charge in [0, 0.05) is 29.8 Å². The highest BCUT2D eigenvalue weighted by molar-refractivity contribution is 7.90. The van der Waals surface area contributed by atoms with Gasteiger partial charge in [-0.05, 0) is 55.9 Å². The molecular formula is C37H39N7O7S2. The topological polar surface area (TPSA) is 191 Å². The molecule has 53 heavy (non-hydrogen) atoms. The zero-order chi connectivity index (χ0) is 36.7. The Morgan fingerprint density at radius 2 is 1.83 bits per heavy atom. The number of ketones is 1. The van der Waals surface area contributed by atoms with Gasteiger partial charge in [0.15, 0.2) is 11.4 Å². The van der Waals surface area contributed by atoms with Gasteiger partial charge in [0.05, 0.1) is 35.0 Å². The fourth-order valence-electron chi connectivity index (χ4n) is 7.66. The first-order chi connectivity index (χ1) is 25.6. The molecule has 0 radical (unpaired) electrons. The first-order valence-electron chi connectivity index (χ1n) is 18.0. The number of sulfonamides is 1. The number of hydrogen-bond donors (Lipinski definition) is 2. The van der Waals surface area contributed by atoms with Crippen molar-refractivity contribution in [2.45, 2.75) is 87.6 Å². The molecule has 2 aliphatic carbocycles. The summed E-state index contributed by atoms with van der Waals surface area (Å²) in [6, 6.07) is 5.63. The monoisotopic (exact) mass is 757 g/mol. The maximum Gasteiger partial charge on any atom is 0.263 e. The van der Waals surface area contributed by atoms with Crippen LogP contribution in [0.3, 0.4) is 0 Å². The van der Waals surface area contributed by atoms with Crippen LogP contribution in [0.4, 0.5) is 0 Å². The van der Waals surface area contributed by atoms with Gasteiger partial charge in [-0.15, -0.1) is 11.3 Å². The van der Waals surface area contributed by atoms with E-state index in [2.05, 4.69) is 25.0 Å². The third-order valence-electron chi connectivity index (χ3n) is 10.8. The van der Waals surface area contributed by atoms with Crippen LogP contribution >= 0.6 is 11.3 Å². The zero-order valence-electron chi connectivity index (χ0n) is 28.8. The standard InChI is InChI=1S/C37H39N7O7S2/c45-30-16-37(36(48)43-53(49,50)24-12-13-24)15-22(37)8-4-2-1-3-5-11-28(41-33(46)31-18-39-21-52-31)35(47)44-19-23(14-29(30)44)51-34-26-10-7-6-9-25(26)27-17-38-20-40-32(27)42-34/h4,6-10,17-18,20-24,28-29H,1-3,5,11-16,19H2,(H,41,46)(H,43,48)/b8-4-/t22-,23-,28+,29+,37-/m1/s1. The Balaban J connectivity index is 1.12. The van der Waals surface area contributed by atoms with E-state index in [1.54, 1.807) is 11.7 Å². The molecule has 0 unspecified atom stereocenters. The first kappa shape index (κ1) is 35.2. The molecule has 3 aromatic heterocycles. The van der Waals surface area contributed by atoms with Crippen LogP contribution in [0, 0.1) is 11.3 Å². The molecule has 8 rings (SSSR count). The van der Waals surface area contributed by atoms with Gasteiger partial charge in [-0.3, -0.25) is 28.9 Å². The Morgan fingerprint density at radius 3 is 2.62 bits per heavy atom. The van der Waals surface area contributed by atoms with E-state index >= 15 is 0 Å². The van der Waals surface area contributed by atoms with Crippen LogP contribution in [0.2, 0.25) is 0 Å². The largest absolute Gasteiger partial charge is 0.472 e. The number of amides is 3. The minimum Gasteiger partial charge on any atom is -0.472 e. The number of hydrogen-bond acceptors (Lipinski definition) is 12. The zero-order valence-corrected chi connectivity index (χ0v) is 30.5. The number of nitrogens with one attached hydrogen (secondary N) is 2. The Kier molecular flexibility index (Phi) is 9.43. The number of carbonyl (C=O) groups is 4. The number of pyridine rings is 1. The lowest BCUT2D eigenvalue weighted by molar-refractivity contribution is -0.140. The molecule has 1 aromatic carbocycles. The summed E-state index contributed by atoms with van der Waals surface area (Å²) in [6.07, 6.45) is 12.3. The molecular weight excluding hydrogens is 719 g/mol. The van der Waals surface area contributed by atoms with Crippen molar-refractivity contribution < 1.29 is 32.3 Å². The van der Waals surface area contributed by atoms with Crippen LogP contribution in [0.1, 0.15) is 73.9 Å². The average Bonchev–Trinajstić information content (AvgIpc) is 4.01. The molecule has 5 atom stereocenters. The third kappa shape index (κ3) is 7.13. The number of rotatable bonds is 7. The molecule has 5 heterocycles. The lowest BCUT2D eigenvalue weighted by Crippen LogP contribution is -2.52. The molecule has 16 heteroatoms. The van der Waals surface area contributed by atoms with E-state index in [0.29, 0.717) is 53.9 Å². The second kappa shape index (κ2) is 14.2. The number of fused-ring (bicyclic) bond motifs is 5. The van der Waals surface area contributed by atoms with Crippen molar-refractivity contribution in [3.63, 3.8) is 0 Å². The van der Waals surface area contributed by atoms with Crippen LogP contribution in [0.5, 0.6) is 5.88 Å². The minimum absolute atomic E-state index is 0.0264. The summed E-state index contributed by atoms with van der Waals surface area (Å²) in [5.41, 5.74) is 0.724. The fourth-order valence-corrected chi connectivity index (χ4v) is 9.56. The van der Waals surface area contributed by atoms with E-state index in [-0.39, 0.29) is 31.1 Å². The molecule has 3 fully saturated rings. The van der Waals surface area contributed by atoms with E-state index < -0.39 is 56.6 Å². The van der Waals surface area contributed by atoms with Crippen LogP contribution in [0.15, 0.2) is 60.6 Å². The normalized spacial score (nSPS) is 27.3. The van der Waals surface area contributed by atoms with Crippen LogP contribution < -0.4 is 14.8 Å². The summed E-state index contributed by atoms with van der Waals surface area (Å²) in [5.74, 6) is -1.92. The van der Waals surface area contributed by atoms with Crippen molar-refractivity contribution in [2.75, 3.05) is 6.54 Å². The molecule has 2 aliphatic heterocycles. The molecule has 1 saturated heterocycles. The summed E-state index contributed by atoms with van der Waals surface area (Å²) in [6.45, 7) is 0.0264. The van der Waals surface area contributed by atoms with Gasteiger partial charge in [-0.2, -0.15) is 4.98 Å². The van der Waals surface area contributed by atoms with Gasteiger partial charge in [-0.25, -0.2) is 18.4 Å². The van der Waals surface area contributed by atoms with E-state index in [9.17, 15) is 27.6 Å². The van der Waals surface area contributed by atoms with Crippen molar-refractivity contribution in [2.24, 2.45) is 11.3 Å². The second-order valence-electron chi connectivity index (χ2n) is 14.4. The van der Waals surface area contributed by atoms with Crippen LogP contribution in [0.25, 0.3) is 21.8 Å². The quantitative estimate of drug-likeness (QED) is 0.206. The van der Waals surface area contributed by atoms with Gasteiger partial charge in [0.25, 0.3) is 5.91 Å². The summed E-state index contributed by atoms with van der Waals surface area (Å²) >= 11 is 1.16. The van der Waals surface area contributed by atoms with E-state index in [0.717, 1.165) is 41.4 Å². The van der Waals surface area contributed by atoms with Crippen LogP contribution in [-0.4, -0.2) is 86.7 Å². The summed E-state index contributed by atoms with van der Waals surface area (Å²) in [5, 5.41) is 4.60. The molecule has 3 amide bonds. The molecule has 2 N–H and O–H groups in total. The van der Waals surface area contributed by atoms with E-state index in [4.69, 9.17) is 9.72 Å². The van der Waals surface area contributed by atoms with E-state index in [1.807, 2.05) is 36.4 Å². The number of allylic oxidation sites excluding steroid dienone is 2. The predicted molar refractivity (Wildman–Crippen MR) is 195 cm³/mol. The second-order valence-corrected chi connectivity index (χ2v) is 17.3. The molecule has 4 aromatic rings. The van der Waals surface area contributed by atoms with Crippen molar-refractivity contribution in [1.29, 1.82) is 0 Å². The number of nitrogens with zero attached hydrogens (tertiary/aromatic N) is 5. The molecule has 14 nitrogen and oxygen atoms in total. The summed E-state index contributed by atoms with van der Waals surface area (Å²) in [7, 11) is -3.85. The van der Waals surface area contributed by atoms with E-state index in [1.165, 1.54) is 17.4 Å². The Morgan fingerprint density at radius 1 is 1.00 bits per heavy atom. The number of benzene rings is 1. The van der Waals surface area contributed by atoms with Crippen LogP contribution in [-0.2, 0) is 24.4 Å². The SMILES string of the molecule is O=C(N[C@H]1CCCCC/C=C\[C@@H]2C[C@@]2(C(=O)NS(=O)(=O)C2CC2)CC(=O)[C@@H]2C[C@@H](Oc3nc4ncncc4c4ccccc34)CN2C1=O)c1cncs1. The Bertz CT molecular complexity index is 2230. The van der Waals surface area contributed by atoms with Crippen molar-refractivity contribution in [1.82, 2.24) is 34.9 Å². The number of ether oxygens (including phenoxy) is 1. The van der Waals surface area contributed by atoms with Crippen molar-refractivity contribution >= 4 is 66.7 Å². The average molecular weight is 758 g/mol. The highest BCUT2D eigenvalue weighted by Gasteiger charge is 2.61. The predicted octanol–water partition coefficient (Wildman–Crippen LogP) is 3.88. The number of Topliss-reactive ketones (excluding diaryl/α,β-unsaturated/α-hetero) is 1. The molecule has 0 spiro atoms. The number of carbonyl (C=O) groups excluding carboxylic acids is 4. The van der Waals surface area contributed by atoms with Gasteiger partial charge in [0.1, 0.15) is 23.4 Å². The number of thiazole rings is 1. The van der Waals surface area contributed by atoms with Gasteiger partial charge < -0.3 is 15.0 Å². The van der Waals surface area contributed by atoms with Crippen molar-refractivity contribution in [3.05, 3.63) is 65.5 Å². The van der Waals surface area contributed by atoms with Gasteiger partial charge >= 0.3 is 0 Å². The molecule has 4 aliphatic rings. The summed E-state index contributed by atoms with van der Waals surface area (Å²) in [4.78, 5) is 75.1.